The SMILES string of the molecule is O=[N+]([O-])c1cnc(NCCc2cc(F)cc(F)c2)nc1. The highest BCUT2D eigenvalue weighted by Gasteiger charge is 2.06. The summed E-state index contributed by atoms with van der Waals surface area (Å²) in [6, 6.07) is 3.28. The highest BCUT2D eigenvalue weighted by Crippen LogP contribution is 2.10. The van der Waals surface area contributed by atoms with Gasteiger partial charge in [-0.05, 0) is 24.1 Å². The van der Waals surface area contributed by atoms with Gasteiger partial charge in [-0.1, -0.05) is 0 Å². The van der Waals surface area contributed by atoms with Crippen molar-refractivity contribution >= 4 is 11.6 Å². The number of benzene rings is 1. The molecule has 0 radical (unpaired) electrons. The maximum absolute atomic E-state index is 12.9. The van der Waals surface area contributed by atoms with Crippen molar-refractivity contribution in [2.24, 2.45) is 0 Å². The Kier molecular flexibility index (Phi) is 4.14. The molecule has 2 rings (SSSR count). The van der Waals surface area contributed by atoms with E-state index in [1.165, 1.54) is 12.1 Å². The Bertz CT molecular complexity index is 599. The average molecular weight is 280 g/mol. The standard InChI is InChI=1S/C12H10F2N4O2/c13-9-3-8(4-10(14)5-9)1-2-15-12-16-6-11(7-17-12)18(19)20/h3-7H,1-2H2,(H,15,16,17). The van der Waals surface area contributed by atoms with Crippen LogP contribution in [0.4, 0.5) is 20.4 Å². The van der Waals surface area contributed by atoms with Crippen LogP contribution in [0.25, 0.3) is 0 Å². The minimum Gasteiger partial charge on any atom is -0.354 e. The van der Waals surface area contributed by atoms with Crippen molar-refractivity contribution in [2.45, 2.75) is 6.42 Å². The fourth-order valence-electron chi connectivity index (χ4n) is 1.58. The van der Waals surface area contributed by atoms with Crippen LogP contribution in [0.5, 0.6) is 0 Å². The molecule has 0 fully saturated rings. The highest BCUT2D eigenvalue weighted by atomic mass is 19.1. The van der Waals surface area contributed by atoms with Crippen LogP contribution in [0, 0.1) is 21.7 Å². The summed E-state index contributed by atoms with van der Waals surface area (Å²) in [4.78, 5) is 17.3. The number of hydrogen-bond acceptors (Lipinski definition) is 5. The quantitative estimate of drug-likeness (QED) is 0.671. The first kappa shape index (κ1) is 13.8. The summed E-state index contributed by atoms with van der Waals surface area (Å²) >= 11 is 0. The Labute approximate surface area is 112 Å². The van der Waals surface area contributed by atoms with E-state index in [9.17, 15) is 18.9 Å². The lowest BCUT2D eigenvalue weighted by Crippen LogP contribution is -2.08. The molecule has 8 heteroatoms. The normalized spacial score (nSPS) is 10.3. The molecule has 0 saturated carbocycles. The number of halogens is 2. The van der Waals surface area contributed by atoms with Gasteiger partial charge in [0.05, 0.1) is 4.92 Å². The van der Waals surface area contributed by atoms with Crippen molar-refractivity contribution < 1.29 is 13.7 Å². The number of nitro groups is 1. The Balaban J connectivity index is 1.90. The van der Waals surface area contributed by atoms with Crippen LogP contribution in [0.1, 0.15) is 5.56 Å². The van der Waals surface area contributed by atoms with E-state index in [0.717, 1.165) is 18.5 Å². The second-order valence-electron chi connectivity index (χ2n) is 3.98. The van der Waals surface area contributed by atoms with Crippen LogP contribution in [0.3, 0.4) is 0 Å². The van der Waals surface area contributed by atoms with Crippen LogP contribution in [-0.4, -0.2) is 21.4 Å². The molecule has 1 aromatic carbocycles. The molecule has 0 aliphatic rings. The molecule has 1 aromatic heterocycles. The van der Waals surface area contributed by atoms with Crippen molar-refractivity contribution in [3.63, 3.8) is 0 Å². The molecule has 6 nitrogen and oxygen atoms in total. The molecule has 1 heterocycles. The molecule has 0 atom stereocenters. The first-order chi connectivity index (χ1) is 9.54. The van der Waals surface area contributed by atoms with Gasteiger partial charge < -0.3 is 5.32 Å². The van der Waals surface area contributed by atoms with Crippen molar-refractivity contribution in [1.29, 1.82) is 0 Å². The lowest BCUT2D eigenvalue weighted by atomic mass is 10.1. The van der Waals surface area contributed by atoms with Crippen molar-refractivity contribution in [3.8, 4) is 0 Å². The van der Waals surface area contributed by atoms with E-state index >= 15 is 0 Å². The molecule has 0 amide bonds. The van der Waals surface area contributed by atoms with Gasteiger partial charge >= 0.3 is 5.69 Å². The molecule has 20 heavy (non-hydrogen) atoms. The van der Waals surface area contributed by atoms with E-state index in [4.69, 9.17) is 0 Å². The molecule has 104 valence electrons. The number of nitrogens with one attached hydrogen (secondary N) is 1. The third-order valence-corrected chi connectivity index (χ3v) is 2.47. The van der Waals surface area contributed by atoms with E-state index in [1.807, 2.05) is 0 Å². The molecular weight excluding hydrogens is 270 g/mol. The summed E-state index contributed by atoms with van der Waals surface area (Å²) in [5.74, 6) is -1.05. The molecule has 0 unspecified atom stereocenters. The van der Waals surface area contributed by atoms with Gasteiger partial charge in [0.15, 0.2) is 0 Å². The maximum Gasteiger partial charge on any atom is 0.305 e. The van der Waals surface area contributed by atoms with Crippen LogP contribution >= 0.6 is 0 Å². The summed E-state index contributed by atoms with van der Waals surface area (Å²) in [6.45, 7) is 0.348. The van der Waals surface area contributed by atoms with Gasteiger partial charge in [0, 0.05) is 12.6 Å². The number of hydrogen-bond donors (Lipinski definition) is 1. The third-order valence-electron chi connectivity index (χ3n) is 2.47. The summed E-state index contributed by atoms with van der Waals surface area (Å²) in [5.41, 5.74) is 0.291. The molecule has 0 saturated heterocycles. The topological polar surface area (TPSA) is 81.0 Å². The number of rotatable bonds is 5. The second kappa shape index (κ2) is 6.00. The van der Waals surface area contributed by atoms with Crippen LogP contribution < -0.4 is 5.32 Å². The van der Waals surface area contributed by atoms with Crippen molar-refractivity contribution in [1.82, 2.24) is 9.97 Å². The van der Waals surface area contributed by atoms with E-state index in [-0.39, 0.29) is 11.6 Å². The Morgan fingerprint density at radius 3 is 2.30 bits per heavy atom. The molecule has 1 N–H and O–H groups in total. The summed E-state index contributed by atoms with van der Waals surface area (Å²) in [6.07, 6.45) is 2.53. The highest BCUT2D eigenvalue weighted by molar-refractivity contribution is 5.31. The van der Waals surface area contributed by atoms with Gasteiger partial charge in [0.2, 0.25) is 5.95 Å². The van der Waals surface area contributed by atoms with E-state index < -0.39 is 16.6 Å². The lowest BCUT2D eigenvalue weighted by molar-refractivity contribution is -0.385. The number of anilines is 1. The van der Waals surface area contributed by atoms with Gasteiger partial charge in [0.25, 0.3) is 0 Å². The van der Waals surface area contributed by atoms with Gasteiger partial charge in [0.1, 0.15) is 24.0 Å². The fraction of sp³-hybridized carbons (Fsp3) is 0.167. The molecule has 2 aromatic rings. The summed E-state index contributed by atoms with van der Waals surface area (Å²) in [5, 5.41) is 13.2. The Morgan fingerprint density at radius 2 is 1.75 bits per heavy atom. The van der Waals surface area contributed by atoms with Crippen molar-refractivity contribution in [2.75, 3.05) is 11.9 Å². The smallest absolute Gasteiger partial charge is 0.305 e. The predicted molar refractivity (Wildman–Crippen MR) is 67.2 cm³/mol. The van der Waals surface area contributed by atoms with Crippen LogP contribution in [-0.2, 0) is 6.42 Å². The minimum atomic E-state index is -0.633. The summed E-state index contributed by atoms with van der Waals surface area (Å²) < 4.78 is 25.9. The second-order valence-corrected chi connectivity index (χ2v) is 3.98. The third kappa shape index (κ3) is 3.67. The zero-order valence-corrected chi connectivity index (χ0v) is 10.2. The lowest BCUT2D eigenvalue weighted by Gasteiger charge is -2.04. The largest absolute Gasteiger partial charge is 0.354 e. The van der Waals surface area contributed by atoms with Gasteiger partial charge in [-0.25, -0.2) is 18.7 Å². The van der Waals surface area contributed by atoms with Crippen molar-refractivity contribution in [3.05, 3.63) is 57.9 Å². The number of aromatic nitrogens is 2. The zero-order valence-electron chi connectivity index (χ0n) is 10.2. The number of nitrogens with zero attached hydrogens (tertiary/aromatic N) is 3. The molecule has 0 bridgehead atoms. The van der Waals surface area contributed by atoms with E-state index in [1.54, 1.807) is 0 Å². The predicted octanol–water partition coefficient (Wildman–Crippen LogP) is 2.32. The molecular formula is C12H10F2N4O2. The Hall–Kier alpha value is -2.64. The van der Waals surface area contributed by atoms with Gasteiger partial charge in [-0.3, -0.25) is 10.1 Å². The monoisotopic (exact) mass is 280 g/mol. The van der Waals surface area contributed by atoms with Crippen LogP contribution in [0.15, 0.2) is 30.6 Å². The van der Waals surface area contributed by atoms with Gasteiger partial charge in [-0.2, -0.15) is 0 Å². The minimum absolute atomic E-state index is 0.206. The van der Waals surface area contributed by atoms with Crippen LogP contribution in [0.2, 0.25) is 0 Å². The molecule has 0 aliphatic carbocycles. The first-order valence-electron chi connectivity index (χ1n) is 5.70. The van der Waals surface area contributed by atoms with E-state index in [0.29, 0.717) is 18.5 Å². The maximum atomic E-state index is 12.9. The zero-order chi connectivity index (χ0) is 14.5. The fourth-order valence-corrected chi connectivity index (χ4v) is 1.58. The molecule has 0 spiro atoms. The first-order valence-corrected chi connectivity index (χ1v) is 5.70. The van der Waals surface area contributed by atoms with E-state index in [2.05, 4.69) is 15.3 Å². The van der Waals surface area contributed by atoms with Gasteiger partial charge in [-0.15, -0.1) is 0 Å². The Morgan fingerprint density at radius 1 is 1.15 bits per heavy atom. The summed E-state index contributed by atoms with van der Waals surface area (Å²) in [7, 11) is 0. The average Bonchev–Trinajstić information content (AvgIpc) is 2.38. The molecule has 0 aliphatic heterocycles.